The first-order valence-electron chi connectivity index (χ1n) is 5.67. The molecule has 2 N–H and O–H groups in total. The Morgan fingerprint density at radius 1 is 1.62 bits per heavy atom. The minimum atomic E-state index is -0.0107. The van der Waals surface area contributed by atoms with Crippen molar-refractivity contribution in [2.45, 2.75) is 31.8 Å². The van der Waals surface area contributed by atoms with Gasteiger partial charge in [-0.2, -0.15) is 5.10 Å². The van der Waals surface area contributed by atoms with Gasteiger partial charge in [-0.25, -0.2) is 9.67 Å². The number of carbonyl (C=O) groups is 1. The summed E-state index contributed by atoms with van der Waals surface area (Å²) in [6.45, 7) is 2.08. The average Bonchev–Trinajstić information content (AvgIpc) is 2.90. The van der Waals surface area contributed by atoms with Gasteiger partial charge in [0.1, 0.15) is 19.2 Å². The van der Waals surface area contributed by atoms with E-state index in [1.165, 1.54) is 30.2 Å². The van der Waals surface area contributed by atoms with Crippen molar-refractivity contribution in [1.82, 2.24) is 25.4 Å². The minimum absolute atomic E-state index is 0.0107. The van der Waals surface area contributed by atoms with Crippen molar-refractivity contribution in [3.8, 4) is 0 Å². The summed E-state index contributed by atoms with van der Waals surface area (Å²) < 4.78 is 1.52. The SMILES string of the molecule is O=C(Cn1cncn1)NCCC1CCCN1. The lowest BCUT2D eigenvalue weighted by molar-refractivity contribution is -0.121. The molecule has 6 heteroatoms. The molecule has 0 saturated carbocycles. The second kappa shape index (κ2) is 5.60. The van der Waals surface area contributed by atoms with Crippen LogP contribution >= 0.6 is 0 Å². The molecule has 0 spiro atoms. The predicted octanol–water partition coefficient (Wildman–Crippen LogP) is -0.464. The van der Waals surface area contributed by atoms with Crippen LogP contribution in [0.3, 0.4) is 0 Å². The highest BCUT2D eigenvalue weighted by Crippen LogP contribution is 2.07. The number of hydrogen-bond donors (Lipinski definition) is 2. The van der Waals surface area contributed by atoms with Gasteiger partial charge in [0.2, 0.25) is 5.91 Å². The molecule has 88 valence electrons. The van der Waals surface area contributed by atoms with Crippen molar-refractivity contribution in [2.24, 2.45) is 0 Å². The number of aromatic nitrogens is 3. The number of nitrogens with one attached hydrogen (secondary N) is 2. The largest absolute Gasteiger partial charge is 0.354 e. The molecule has 0 aliphatic carbocycles. The highest BCUT2D eigenvalue weighted by Gasteiger charge is 2.13. The Hall–Kier alpha value is -1.43. The molecule has 1 aliphatic heterocycles. The maximum absolute atomic E-state index is 11.5. The fourth-order valence-electron chi connectivity index (χ4n) is 1.91. The van der Waals surface area contributed by atoms with Crippen LogP contribution < -0.4 is 10.6 Å². The minimum Gasteiger partial charge on any atom is -0.354 e. The summed E-state index contributed by atoms with van der Waals surface area (Å²) in [5.41, 5.74) is 0. The molecule has 1 saturated heterocycles. The van der Waals surface area contributed by atoms with E-state index in [4.69, 9.17) is 0 Å². The zero-order chi connectivity index (χ0) is 11.2. The summed E-state index contributed by atoms with van der Waals surface area (Å²) in [7, 11) is 0. The summed E-state index contributed by atoms with van der Waals surface area (Å²) in [6, 6.07) is 0.576. The molecule has 16 heavy (non-hydrogen) atoms. The van der Waals surface area contributed by atoms with Gasteiger partial charge in [-0.1, -0.05) is 0 Å². The van der Waals surface area contributed by atoms with Gasteiger partial charge in [0, 0.05) is 12.6 Å². The number of nitrogens with zero attached hydrogens (tertiary/aromatic N) is 3. The van der Waals surface area contributed by atoms with Gasteiger partial charge in [0.05, 0.1) is 0 Å². The molecule has 1 amide bonds. The molecule has 2 rings (SSSR count). The number of carbonyl (C=O) groups excluding carboxylic acids is 1. The van der Waals surface area contributed by atoms with E-state index in [-0.39, 0.29) is 12.5 Å². The van der Waals surface area contributed by atoms with E-state index >= 15 is 0 Å². The van der Waals surface area contributed by atoms with Gasteiger partial charge < -0.3 is 10.6 Å². The molecule has 0 bridgehead atoms. The van der Waals surface area contributed by atoms with Gasteiger partial charge in [-0.05, 0) is 25.8 Å². The summed E-state index contributed by atoms with van der Waals surface area (Å²) in [4.78, 5) is 15.2. The van der Waals surface area contributed by atoms with Crippen LogP contribution in [0, 0.1) is 0 Å². The highest BCUT2D eigenvalue weighted by atomic mass is 16.2. The fourth-order valence-corrected chi connectivity index (χ4v) is 1.91. The molecule has 1 aliphatic rings. The smallest absolute Gasteiger partial charge is 0.241 e. The first kappa shape index (κ1) is 11.1. The molecule has 6 nitrogen and oxygen atoms in total. The molecule has 0 radical (unpaired) electrons. The van der Waals surface area contributed by atoms with E-state index < -0.39 is 0 Å². The second-order valence-electron chi connectivity index (χ2n) is 4.02. The van der Waals surface area contributed by atoms with E-state index in [9.17, 15) is 4.79 Å². The van der Waals surface area contributed by atoms with Crippen LogP contribution in [-0.2, 0) is 11.3 Å². The summed E-state index contributed by atoms with van der Waals surface area (Å²) >= 11 is 0. The summed E-state index contributed by atoms with van der Waals surface area (Å²) in [5, 5.41) is 10.2. The van der Waals surface area contributed by atoms with Gasteiger partial charge >= 0.3 is 0 Å². The molecule has 1 fully saturated rings. The van der Waals surface area contributed by atoms with E-state index in [1.54, 1.807) is 0 Å². The van der Waals surface area contributed by atoms with Crippen molar-refractivity contribution in [3.05, 3.63) is 12.7 Å². The number of amides is 1. The Morgan fingerprint density at radius 2 is 2.56 bits per heavy atom. The van der Waals surface area contributed by atoms with Crippen LogP contribution in [0.2, 0.25) is 0 Å². The van der Waals surface area contributed by atoms with Gasteiger partial charge in [0.15, 0.2) is 0 Å². The topological polar surface area (TPSA) is 71.8 Å². The molecule has 0 aromatic carbocycles. The molecule has 2 heterocycles. The van der Waals surface area contributed by atoms with Crippen molar-refractivity contribution >= 4 is 5.91 Å². The Kier molecular flexibility index (Phi) is 3.87. The Morgan fingerprint density at radius 3 is 3.25 bits per heavy atom. The average molecular weight is 223 g/mol. The van der Waals surface area contributed by atoms with Crippen LogP contribution in [0.4, 0.5) is 0 Å². The van der Waals surface area contributed by atoms with Crippen molar-refractivity contribution < 1.29 is 4.79 Å². The maximum Gasteiger partial charge on any atom is 0.241 e. The second-order valence-corrected chi connectivity index (χ2v) is 4.02. The van der Waals surface area contributed by atoms with Crippen LogP contribution in [0.1, 0.15) is 19.3 Å². The van der Waals surface area contributed by atoms with E-state index in [1.807, 2.05) is 0 Å². The van der Waals surface area contributed by atoms with Crippen LogP contribution in [0.5, 0.6) is 0 Å². The molecule has 1 unspecified atom stereocenters. The zero-order valence-corrected chi connectivity index (χ0v) is 9.22. The lowest BCUT2D eigenvalue weighted by Gasteiger charge is -2.10. The van der Waals surface area contributed by atoms with Gasteiger partial charge in [-0.15, -0.1) is 0 Å². The van der Waals surface area contributed by atoms with Gasteiger partial charge in [-0.3, -0.25) is 4.79 Å². The Labute approximate surface area is 94.4 Å². The maximum atomic E-state index is 11.5. The monoisotopic (exact) mass is 223 g/mol. The third kappa shape index (κ3) is 3.30. The molecular weight excluding hydrogens is 206 g/mol. The van der Waals surface area contributed by atoms with Crippen LogP contribution in [-0.4, -0.2) is 39.8 Å². The van der Waals surface area contributed by atoms with Crippen molar-refractivity contribution in [2.75, 3.05) is 13.1 Å². The van der Waals surface area contributed by atoms with E-state index in [0.29, 0.717) is 6.04 Å². The van der Waals surface area contributed by atoms with E-state index in [0.717, 1.165) is 19.5 Å². The fraction of sp³-hybridized carbons (Fsp3) is 0.700. The van der Waals surface area contributed by atoms with Gasteiger partial charge in [0.25, 0.3) is 0 Å². The number of rotatable bonds is 5. The Bertz CT molecular complexity index is 318. The lowest BCUT2D eigenvalue weighted by Crippen LogP contribution is -2.32. The third-order valence-electron chi connectivity index (χ3n) is 2.75. The van der Waals surface area contributed by atoms with Crippen molar-refractivity contribution in [1.29, 1.82) is 0 Å². The quantitative estimate of drug-likeness (QED) is 0.708. The van der Waals surface area contributed by atoms with Crippen LogP contribution in [0.15, 0.2) is 12.7 Å². The Balaban J connectivity index is 1.60. The lowest BCUT2D eigenvalue weighted by atomic mass is 10.1. The highest BCUT2D eigenvalue weighted by molar-refractivity contribution is 5.75. The summed E-state index contributed by atoms with van der Waals surface area (Å²) in [6.07, 6.45) is 6.44. The first-order chi connectivity index (χ1) is 7.84. The predicted molar refractivity (Wildman–Crippen MR) is 58.7 cm³/mol. The third-order valence-corrected chi connectivity index (χ3v) is 2.75. The van der Waals surface area contributed by atoms with E-state index in [2.05, 4.69) is 20.7 Å². The zero-order valence-electron chi connectivity index (χ0n) is 9.22. The normalized spacial score (nSPS) is 19.9. The molecule has 1 atom stereocenters. The summed E-state index contributed by atoms with van der Waals surface area (Å²) in [5.74, 6) is -0.0107. The first-order valence-corrected chi connectivity index (χ1v) is 5.67. The standard InChI is InChI=1S/C10H17N5O/c16-10(6-15-8-11-7-14-15)13-5-3-9-2-1-4-12-9/h7-9,12H,1-6H2,(H,13,16). The van der Waals surface area contributed by atoms with Crippen molar-refractivity contribution in [3.63, 3.8) is 0 Å². The molecule has 1 aromatic heterocycles. The van der Waals surface area contributed by atoms with Crippen LogP contribution in [0.25, 0.3) is 0 Å². The molecular formula is C10H17N5O. The number of hydrogen-bond acceptors (Lipinski definition) is 4. The molecule has 1 aromatic rings.